The minimum Gasteiger partial charge on any atom is -0.453 e. The molecule has 3 aromatic carbocycles. The van der Waals surface area contributed by atoms with Crippen LogP contribution in [0.15, 0.2) is 102 Å². The fraction of sp³-hybridized carbons (Fsp3) is 0.306. The highest BCUT2D eigenvalue weighted by Gasteiger charge is 2.38. The zero-order valence-corrected chi connectivity index (χ0v) is 26.4. The largest absolute Gasteiger partial charge is 0.453 e. The van der Waals surface area contributed by atoms with Gasteiger partial charge in [0.25, 0.3) is 5.91 Å². The number of benzene rings is 3. The average molecular weight is 627 g/mol. The van der Waals surface area contributed by atoms with Crippen LogP contribution >= 0.6 is 11.8 Å². The standard InChI is InChI=1S/C36H38N2O6S/c1-23-32(22-45-33-9-4-5-18-37-33)43-36(44-34(23)29-12-10-26(21-39)11-13-29)30-16-14-28(15-17-30)31-8-6-7-27(19-31)20-38-35(41)24(2)42-25(3)40/h4-19,23-24,32,34,36,39H,20-22H2,1-3H3,(H,38,41)/t23-,24-,32+,34+,36+/m0/s1. The van der Waals surface area contributed by atoms with Gasteiger partial charge in [-0.1, -0.05) is 79.7 Å². The number of thioether (sulfide) groups is 1. The van der Waals surface area contributed by atoms with Crippen molar-refractivity contribution >= 4 is 23.6 Å². The number of pyridine rings is 1. The molecule has 1 saturated heterocycles. The van der Waals surface area contributed by atoms with Gasteiger partial charge in [0.05, 0.1) is 23.8 Å². The number of rotatable bonds is 11. The number of aromatic nitrogens is 1. The Morgan fingerprint density at radius 1 is 0.933 bits per heavy atom. The maximum atomic E-state index is 12.3. The number of ether oxygens (including phenoxy) is 3. The van der Waals surface area contributed by atoms with Gasteiger partial charge in [0.15, 0.2) is 12.4 Å². The molecule has 9 heteroatoms. The molecular formula is C36H38N2O6S. The van der Waals surface area contributed by atoms with Crippen LogP contribution in [0.25, 0.3) is 11.1 Å². The molecule has 1 amide bonds. The van der Waals surface area contributed by atoms with Crippen molar-refractivity contribution in [3.63, 3.8) is 0 Å². The van der Waals surface area contributed by atoms with E-state index in [9.17, 15) is 14.7 Å². The lowest BCUT2D eigenvalue weighted by molar-refractivity contribution is -0.268. The van der Waals surface area contributed by atoms with Crippen LogP contribution in [0.2, 0.25) is 0 Å². The van der Waals surface area contributed by atoms with E-state index in [0.29, 0.717) is 6.54 Å². The van der Waals surface area contributed by atoms with Crippen molar-refractivity contribution in [3.8, 4) is 11.1 Å². The molecule has 0 bridgehead atoms. The Labute approximate surface area is 268 Å². The van der Waals surface area contributed by atoms with Crippen LogP contribution in [0, 0.1) is 5.92 Å². The van der Waals surface area contributed by atoms with Gasteiger partial charge in [-0.25, -0.2) is 4.98 Å². The summed E-state index contributed by atoms with van der Waals surface area (Å²) >= 11 is 1.67. The average Bonchev–Trinajstić information content (AvgIpc) is 3.07. The van der Waals surface area contributed by atoms with Crippen molar-refractivity contribution in [3.05, 3.63) is 119 Å². The number of hydrogen-bond acceptors (Lipinski definition) is 8. The minimum absolute atomic E-state index is 0.00435. The predicted molar refractivity (Wildman–Crippen MR) is 173 cm³/mol. The Hall–Kier alpha value is -4.02. The van der Waals surface area contributed by atoms with E-state index in [1.54, 1.807) is 24.9 Å². The Balaban J connectivity index is 1.31. The first-order chi connectivity index (χ1) is 21.8. The van der Waals surface area contributed by atoms with Crippen molar-refractivity contribution in [2.75, 3.05) is 5.75 Å². The second-order valence-electron chi connectivity index (χ2n) is 11.1. The molecule has 0 radical (unpaired) electrons. The lowest BCUT2D eigenvalue weighted by atomic mass is 9.91. The van der Waals surface area contributed by atoms with Crippen LogP contribution < -0.4 is 5.32 Å². The smallest absolute Gasteiger partial charge is 0.303 e. The monoisotopic (exact) mass is 626 g/mol. The molecule has 2 N–H and O–H groups in total. The van der Waals surface area contributed by atoms with E-state index in [1.165, 1.54) is 6.92 Å². The lowest BCUT2D eigenvalue weighted by Gasteiger charge is -2.41. The van der Waals surface area contributed by atoms with E-state index >= 15 is 0 Å². The topological polar surface area (TPSA) is 107 Å². The number of hydrogen-bond donors (Lipinski definition) is 2. The fourth-order valence-electron chi connectivity index (χ4n) is 5.24. The zero-order chi connectivity index (χ0) is 31.8. The summed E-state index contributed by atoms with van der Waals surface area (Å²) < 4.78 is 18.1. The van der Waals surface area contributed by atoms with Crippen molar-refractivity contribution in [1.29, 1.82) is 0 Å². The van der Waals surface area contributed by atoms with Gasteiger partial charge >= 0.3 is 5.97 Å². The number of carbonyl (C=O) groups is 2. The van der Waals surface area contributed by atoms with Gasteiger partial charge in [-0.15, -0.1) is 11.8 Å². The molecule has 5 atom stereocenters. The molecule has 8 nitrogen and oxygen atoms in total. The summed E-state index contributed by atoms with van der Waals surface area (Å²) in [6.45, 7) is 5.29. The number of aliphatic hydroxyl groups is 1. The Bertz CT molecular complexity index is 1560. The molecule has 5 rings (SSSR count). The molecule has 0 aliphatic carbocycles. The first kappa shape index (κ1) is 32.4. The number of carbonyl (C=O) groups excluding carboxylic acids is 2. The van der Waals surface area contributed by atoms with Gasteiger partial charge in [-0.2, -0.15) is 0 Å². The molecule has 4 aromatic rings. The molecule has 0 spiro atoms. The second-order valence-corrected chi connectivity index (χ2v) is 12.1. The summed E-state index contributed by atoms with van der Waals surface area (Å²) in [5.74, 6) is -0.0320. The third-order valence-electron chi connectivity index (χ3n) is 7.78. The molecule has 1 fully saturated rings. The van der Waals surface area contributed by atoms with Crippen LogP contribution in [0.5, 0.6) is 0 Å². The van der Waals surface area contributed by atoms with Crippen LogP contribution in [-0.2, 0) is 37.0 Å². The number of aliphatic hydroxyl groups excluding tert-OH is 1. The molecule has 1 aliphatic rings. The van der Waals surface area contributed by atoms with Crippen LogP contribution in [0.4, 0.5) is 0 Å². The molecular weight excluding hydrogens is 588 g/mol. The molecule has 0 unspecified atom stereocenters. The first-order valence-electron chi connectivity index (χ1n) is 15.0. The van der Waals surface area contributed by atoms with Crippen molar-refractivity contribution in [2.24, 2.45) is 5.92 Å². The summed E-state index contributed by atoms with van der Waals surface area (Å²) in [4.78, 5) is 27.9. The maximum absolute atomic E-state index is 12.3. The number of nitrogens with zero attached hydrogens (tertiary/aromatic N) is 1. The Kier molecular flexibility index (Phi) is 11.0. The van der Waals surface area contributed by atoms with E-state index in [2.05, 4.69) is 17.2 Å². The second kappa shape index (κ2) is 15.3. The quantitative estimate of drug-likeness (QED) is 0.146. The molecule has 1 aromatic heterocycles. The third-order valence-corrected chi connectivity index (χ3v) is 8.81. The molecule has 234 valence electrons. The highest BCUT2D eigenvalue weighted by Crippen LogP contribution is 2.43. The van der Waals surface area contributed by atoms with Crippen molar-refractivity contribution in [1.82, 2.24) is 10.3 Å². The normalized spacial score (nSPS) is 20.3. The summed E-state index contributed by atoms with van der Waals surface area (Å²) in [5, 5.41) is 13.3. The van der Waals surface area contributed by atoms with Gasteiger partial charge in [0, 0.05) is 36.9 Å². The first-order valence-corrected chi connectivity index (χ1v) is 16.0. The number of esters is 1. The lowest BCUT2D eigenvalue weighted by Crippen LogP contribution is -2.38. The van der Waals surface area contributed by atoms with E-state index in [-0.39, 0.29) is 30.6 Å². The minimum atomic E-state index is -0.849. The number of nitrogens with one attached hydrogen (secondary N) is 1. The van der Waals surface area contributed by atoms with Crippen LogP contribution in [0.1, 0.15) is 55.4 Å². The third kappa shape index (κ3) is 8.58. The fourth-order valence-corrected chi connectivity index (χ4v) is 6.27. The summed E-state index contributed by atoms with van der Waals surface area (Å²) in [5.41, 5.74) is 5.77. The number of amides is 1. The summed E-state index contributed by atoms with van der Waals surface area (Å²) in [6.07, 6.45) is 0.102. The maximum Gasteiger partial charge on any atom is 0.303 e. The highest BCUT2D eigenvalue weighted by molar-refractivity contribution is 7.99. The SMILES string of the molecule is CC(=O)O[C@@H](C)C(=O)NCc1cccc(-c2ccc([C@@H]3O[C@H](CSc4ccccn4)[C@H](C)[C@H](c4ccc(CO)cc4)O3)cc2)c1. The molecule has 0 saturated carbocycles. The van der Waals surface area contributed by atoms with E-state index in [1.807, 2.05) is 91.0 Å². The van der Waals surface area contributed by atoms with E-state index < -0.39 is 18.4 Å². The predicted octanol–water partition coefficient (Wildman–Crippen LogP) is 6.39. The van der Waals surface area contributed by atoms with Crippen LogP contribution in [-0.4, -0.2) is 39.9 Å². The Morgan fingerprint density at radius 2 is 1.69 bits per heavy atom. The molecule has 1 aliphatic heterocycles. The molecule has 45 heavy (non-hydrogen) atoms. The van der Waals surface area contributed by atoms with E-state index in [0.717, 1.165) is 44.2 Å². The van der Waals surface area contributed by atoms with Gasteiger partial charge in [0.1, 0.15) is 0 Å². The zero-order valence-electron chi connectivity index (χ0n) is 25.6. The van der Waals surface area contributed by atoms with Gasteiger partial charge in [-0.05, 0) is 52.9 Å². The van der Waals surface area contributed by atoms with Gasteiger partial charge in [-0.3, -0.25) is 9.59 Å². The van der Waals surface area contributed by atoms with E-state index in [4.69, 9.17) is 14.2 Å². The van der Waals surface area contributed by atoms with Crippen LogP contribution in [0.3, 0.4) is 0 Å². The summed E-state index contributed by atoms with van der Waals surface area (Å²) in [7, 11) is 0. The van der Waals surface area contributed by atoms with Gasteiger partial charge < -0.3 is 24.6 Å². The highest BCUT2D eigenvalue weighted by atomic mass is 32.2. The Morgan fingerprint density at radius 3 is 2.38 bits per heavy atom. The molecule has 2 heterocycles. The van der Waals surface area contributed by atoms with Crippen molar-refractivity contribution in [2.45, 2.75) is 63.6 Å². The summed E-state index contributed by atoms with van der Waals surface area (Å²) in [6, 6.07) is 29.9. The van der Waals surface area contributed by atoms with Gasteiger partial charge in [0.2, 0.25) is 0 Å². The van der Waals surface area contributed by atoms with Crippen molar-refractivity contribution < 1.29 is 28.9 Å².